The van der Waals surface area contributed by atoms with Crippen LogP contribution in [0, 0.1) is 0 Å². The van der Waals surface area contributed by atoms with Gasteiger partial charge in [0.25, 0.3) is 0 Å². The van der Waals surface area contributed by atoms with Gasteiger partial charge in [-0.1, -0.05) is 11.6 Å². The molecule has 2 rings (SSSR count). The van der Waals surface area contributed by atoms with E-state index in [0.717, 1.165) is 19.4 Å². The zero-order valence-corrected chi connectivity index (χ0v) is 13.2. The molecule has 0 saturated carbocycles. The summed E-state index contributed by atoms with van der Waals surface area (Å²) in [7, 11) is -0.556. The van der Waals surface area contributed by atoms with Gasteiger partial charge in [0, 0.05) is 30.7 Å². The Morgan fingerprint density at radius 2 is 2.25 bits per heavy atom. The Hall–Kier alpha value is -0.820. The molecule has 1 aliphatic heterocycles. The van der Waals surface area contributed by atoms with Gasteiger partial charge in [-0.15, -0.1) is 0 Å². The molecule has 112 valence electrons. The standard InChI is InChI=1S/C13H19ClN2O3S/c1-16(9-11-4-3-7-15-11)20(17,18)13-6-5-10(14)8-12(13)19-2/h5-6,8,11,15H,3-4,7,9H2,1-2H3. The molecule has 1 aliphatic rings. The smallest absolute Gasteiger partial charge is 0.246 e. The fourth-order valence-corrected chi connectivity index (χ4v) is 3.85. The minimum Gasteiger partial charge on any atom is -0.495 e. The third-order valence-corrected chi connectivity index (χ3v) is 5.55. The molecule has 5 nitrogen and oxygen atoms in total. The Bertz CT molecular complexity index is 571. The SMILES string of the molecule is COc1cc(Cl)ccc1S(=O)(=O)N(C)CC1CCCN1. The predicted molar refractivity (Wildman–Crippen MR) is 78.8 cm³/mol. The molecule has 1 atom stereocenters. The first-order chi connectivity index (χ1) is 9.45. The highest BCUT2D eigenvalue weighted by atomic mass is 35.5. The first kappa shape index (κ1) is 15.6. The summed E-state index contributed by atoms with van der Waals surface area (Å²) < 4.78 is 31.7. The molecule has 1 unspecified atom stereocenters. The highest BCUT2D eigenvalue weighted by Crippen LogP contribution is 2.29. The van der Waals surface area contributed by atoms with Crippen LogP contribution in [0.25, 0.3) is 0 Å². The number of nitrogens with one attached hydrogen (secondary N) is 1. The lowest BCUT2D eigenvalue weighted by Crippen LogP contribution is -2.38. The van der Waals surface area contributed by atoms with Crippen LogP contribution in [0.15, 0.2) is 23.1 Å². The van der Waals surface area contributed by atoms with Crippen LogP contribution in [-0.4, -0.2) is 46.0 Å². The molecular weight excluding hydrogens is 300 g/mol. The minimum atomic E-state index is -3.58. The van der Waals surface area contributed by atoms with Gasteiger partial charge in [0.15, 0.2) is 0 Å². The van der Waals surface area contributed by atoms with Crippen molar-refractivity contribution in [3.05, 3.63) is 23.2 Å². The average Bonchev–Trinajstić information content (AvgIpc) is 2.91. The van der Waals surface area contributed by atoms with Gasteiger partial charge in [-0.05, 0) is 31.5 Å². The topological polar surface area (TPSA) is 58.6 Å². The van der Waals surface area contributed by atoms with E-state index in [1.165, 1.54) is 23.5 Å². The van der Waals surface area contributed by atoms with Crippen LogP contribution < -0.4 is 10.1 Å². The van der Waals surface area contributed by atoms with E-state index in [1.807, 2.05) is 0 Å². The van der Waals surface area contributed by atoms with Crippen molar-refractivity contribution in [3.8, 4) is 5.75 Å². The van der Waals surface area contributed by atoms with Crippen LogP contribution in [0.4, 0.5) is 0 Å². The first-order valence-corrected chi connectivity index (χ1v) is 8.30. The van der Waals surface area contributed by atoms with Crippen molar-refractivity contribution < 1.29 is 13.2 Å². The van der Waals surface area contributed by atoms with Crippen molar-refractivity contribution in [2.75, 3.05) is 27.2 Å². The number of halogens is 1. The molecule has 1 aromatic rings. The quantitative estimate of drug-likeness (QED) is 0.898. The Kier molecular flexibility index (Phi) is 4.90. The van der Waals surface area contributed by atoms with Crippen molar-refractivity contribution in [2.45, 2.75) is 23.8 Å². The molecule has 0 aromatic heterocycles. The second-order valence-corrected chi connectivity index (χ2v) is 7.32. The van der Waals surface area contributed by atoms with Crippen LogP contribution in [0.5, 0.6) is 5.75 Å². The number of sulfonamides is 1. The molecule has 0 amide bonds. The lowest BCUT2D eigenvalue weighted by atomic mass is 10.2. The second-order valence-electron chi connectivity index (χ2n) is 4.87. The summed E-state index contributed by atoms with van der Waals surface area (Å²) in [5, 5.41) is 3.74. The van der Waals surface area contributed by atoms with E-state index >= 15 is 0 Å². The summed E-state index contributed by atoms with van der Waals surface area (Å²) >= 11 is 5.86. The molecular formula is C13H19ClN2O3S. The fourth-order valence-electron chi connectivity index (χ4n) is 2.34. The van der Waals surface area contributed by atoms with E-state index in [0.29, 0.717) is 11.6 Å². The van der Waals surface area contributed by atoms with Gasteiger partial charge in [-0.2, -0.15) is 4.31 Å². The molecule has 0 spiro atoms. The number of nitrogens with zero attached hydrogens (tertiary/aromatic N) is 1. The number of hydrogen-bond donors (Lipinski definition) is 1. The summed E-state index contributed by atoms with van der Waals surface area (Å²) in [5.74, 6) is 0.267. The van der Waals surface area contributed by atoms with Crippen LogP contribution >= 0.6 is 11.6 Å². The molecule has 1 N–H and O–H groups in total. The summed E-state index contributed by atoms with van der Waals surface area (Å²) in [4.78, 5) is 0.143. The lowest BCUT2D eigenvalue weighted by molar-refractivity contribution is 0.391. The molecule has 0 bridgehead atoms. The Morgan fingerprint density at radius 1 is 1.50 bits per heavy atom. The van der Waals surface area contributed by atoms with Gasteiger partial charge in [-0.25, -0.2) is 8.42 Å². The molecule has 1 aromatic carbocycles. The number of ether oxygens (including phenoxy) is 1. The van der Waals surface area contributed by atoms with Crippen molar-refractivity contribution in [2.24, 2.45) is 0 Å². The average molecular weight is 319 g/mol. The number of likely N-dealkylation sites (N-methyl/N-ethyl adjacent to an activating group) is 1. The summed E-state index contributed by atoms with van der Waals surface area (Å²) in [6, 6.07) is 4.76. The second kappa shape index (κ2) is 6.30. The maximum atomic E-state index is 12.6. The molecule has 1 heterocycles. The Labute approximate surface area is 124 Å². The van der Waals surface area contributed by atoms with E-state index in [-0.39, 0.29) is 16.7 Å². The van der Waals surface area contributed by atoms with Gasteiger partial charge in [0.2, 0.25) is 10.0 Å². The third-order valence-electron chi connectivity index (χ3n) is 3.45. The molecule has 0 radical (unpaired) electrons. The van der Waals surface area contributed by atoms with Crippen molar-refractivity contribution in [3.63, 3.8) is 0 Å². The van der Waals surface area contributed by atoms with Gasteiger partial charge < -0.3 is 10.1 Å². The largest absolute Gasteiger partial charge is 0.495 e. The maximum absolute atomic E-state index is 12.6. The van der Waals surface area contributed by atoms with Gasteiger partial charge >= 0.3 is 0 Å². The molecule has 1 saturated heterocycles. The predicted octanol–water partition coefficient (Wildman–Crippen LogP) is 1.72. The molecule has 20 heavy (non-hydrogen) atoms. The molecule has 0 aliphatic carbocycles. The van der Waals surface area contributed by atoms with Crippen LogP contribution in [0.3, 0.4) is 0 Å². The fraction of sp³-hybridized carbons (Fsp3) is 0.538. The summed E-state index contributed by atoms with van der Waals surface area (Å²) in [6.45, 7) is 1.40. The zero-order chi connectivity index (χ0) is 14.8. The lowest BCUT2D eigenvalue weighted by Gasteiger charge is -2.22. The van der Waals surface area contributed by atoms with Crippen molar-refractivity contribution in [1.82, 2.24) is 9.62 Å². The maximum Gasteiger partial charge on any atom is 0.246 e. The molecule has 7 heteroatoms. The highest BCUT2D eigenvalue weighted by molar-refractivity contribution is 7.89. The van der Waals surface area contributed by atoms with Crippen LogP contribution in [0.1, 0.15) is 12.8 Å². The summed E-state index contributed by atoms with van der Waals surface area (Å²) in [6.07, 6.45) is 2.08. The van der Waals surface area contributed by atoms with E-state index in [1.54, 1.807) is 13.1 Å². The Morgan fingerprint density at radius 3 is 2.85 bits per heavy atom. The molecule has 1 fully saturated rings. The minimum absolute atomic E-state index is 0.143. The number of rotatable bonds is 5. The summed E-state index contributed by atoms with van der Waals surface area (Å²) in [5.41, 5.74) is 0. The third kappa shape index (κ3) is 3.25. The van der Waals surface area contributed by atoms with Crippen molar-refractivity contribution >= 4 is 21.6 Å². The Balaban J connectivity index is 2.24. The number of methoxy groups -OCH3 is 1. The van der Waals surface area contributed by atoms with E-state index in [4.69, 9.17) is 16.3 Å². The van der Waals surface area contributed by atoms with Crippen LogP contribution in [0.2, 0.25) is 5.02 Å². The first-order valence-electron chi connectivity index (χ1n) is 6.48. The van der Waals surface area contributed by atoms with E-state index in [2.05, 4.69) is 5.32 Å². The van der Waals surface area contributed by atoms with Crippen molar-refractivity contribution in [1.29, 1.82) is 0 Å². The monoisotopic (exact) mass is 318 g/mol. The van der Waals surface area contributed by atoms with Gasteiger partial charge in [0.05, 0.1) is 7.11 Å². The van der Waals surface area contributed by atoms with E-state index in [9.17, 15) is 8.42 Å². The normalized spacial score (nSPS) is 19.5. The number of hydrogen-bond acceptors (Lipinski definition) is 4. The zero-order valence-electron chi connectivity index (χ0n) is 11.6. The highest BCUT2D eigenvalue weighted by Gasteiger charge is 2.27. The van der Waals surface area contributed by atoms with E-state index < -0.39 is 10.0 Å². The van der Waals surface area contributed by atoms with Gasteiger partial charge in [-0.3, -0.25) is 0 Å². The van der Waals surface area contributed by atoms with Gasteiger partial charge in [0.1, 0.15) is 10.6 Å². The number of benzene rings is 1. The van der Waals surface area contributed by atoms with Crippen LogP contribution in [-0.2, 0) is 10.0 Å².